The molecule has 0 aromatic heterocycles. The third-order valence-corrected chi connectivity index (χ3v) is 5.43. The number of halogens is 2. The molecule has 0 aliphatic carbocycles. The number of rotatable bonds is 5. The van der Waals surface area contributed by atoms with E-state index in [4.69, 9.17) is 4.74 Å². The van der Waals surface area contributed by atoms with E-state index in [2.05, 4.69) is 0 Å². The average molecular weight is 361 g/mol. The normalized spacial score (nSPS) is 17.1. The van der Waals surface area contributed by atoms with Crippen LogP contribution in [0.5, 0.6) is 5.75 Å². The second-order valence-electron chi connectivity index (χ2n) is 6.24. The largest absolute Gasteiger partial charge is 0.493 e. The molecule has 0 saturated carbocycles. The van der Waals surface area contributed by atoms with Crippen LogP contribution in [0.2, 0.25) is 0 Å². The number of amides is 1. The van der Waals surface area contributed by atoms with Gasteiger partial charge in [0.2, 0.25) is 0 Å². The fourth-order valence-corrected chi connectivity index (χ4v) is 3.52. The molecular formula is C16H21F2NO4S. The van der Waals surface area contributed by atoms with Gasteiger partial charge in [0.25, 0.3) is 5.91 Å². The van der Waals surface area contributed by atoms with E-state index >= 15 is 0 Å². The molecule has 1 heterocycles. The van der Waals surface area contributed by atoms with Crippen LogP contribution in [0.15, 0.2) is 12.1 Å². The quantitative estimate of drug-likeness (QED) is 0.807. The Labute approximate surface area is 140 Å². The van der Waals surface area contributed by atoms with Crippen LogP contribution in [0.4, 0.5) is 8.78 Å². The Morgan fingerprint density at radius 2 is 1.75 bits per heavy atom. The van der Waals surface area contributed by atoms with Crippen molar-refractivity contribution < 1.29 is 26.7 Å². The third-order valence-electron chi connectivity index (χ3n) is 3.83. The van der Waals surface area contributed by atoms with Crippen LogP contribution in [-0.2, 0) is 9.84 Å². The summed E-state index contributed by atoms with van der Waals surface area (Å²) in [7, 11) is -3.18. The molecule has 1 aromatic rings. The summed E-state index contributed by atoms with van der Waals surface area (Å²) in [5, 5.41) is 0. The topological polar surface area (TPSA) is 63.7 Å². The van der Waals surface area contributed by atoms with Crippen molar-refractivity contribution >= 4 is 15.7 Å². The summed E-state index contributed by atoms with van der Waals surface area (Å²) in [6, 6.07) is 1.97. The summed E-state index contributed by atoms with van der Waals surface area (Å²) < 4.78 is 56.4. The molecule has 1 fully saturated rings. The lowest BCUT2D eigenvalue weighted by atomic mass is 10.1. The van der Waals surface area contributed by atoms with Crippen LogP contribution in [0, 0.1) is 17.6 Å². The Kier molecular flexibility index (Phi) is 5.79. The zero-order chi connectivity index (χ0) is 17.9. The SMILES string of the molecule is CC(C)CCOc1cc(F)c(C(=O)N2CCS(=O)(=O)CC2)c(F)c1. The monoisotopic (exact) mass is 361 g/mol. The Bertz CT molecular complexity index is 682. The maximum atomic E-state index is 14.2. The van der Waals surface area contributed by atoms with Crippen molar-refractivity contribution in [3.8, 4) is 5.75 Å². The molecular weight excluding hydrogens is 340 g/mol. The van der Waals surface area contributed by atoms with E-state index in [0.717, 1.165) is 23.5 Å². The van der Waals surface area contributed by atoms with Gasteiger partial charge in [0, 0.05) is 25.2 Å². The van der Waals surface area contributed by atoms with Crippen molar-refractivity contribution in [1.29, 1.82) is 0 Å². The first-order chi connectivity index (χ1) is 11.2. The number of hydrogen-bond donors (Lipinski definition) is 0. The van der Waals surface area contributed by atoms with E-state index in [1.807, 2.05) is 13.8 Å². The Hall–Kier alpha value is -1.70. The number of nitrogens with zero attached hydrogens (tertiary/aromatic N) is 1. The van der Waals surface area contributed by atoms with Crippen LogP contribution < -0.4 is 4.74 Å². The molecule has 134 valence electrons. The lowest BCUT2D eigenvalue weighted by molar-refractivity contribution is 0.0760. The first-order valence-electron chi connectivity index (χ1n) is 7.81. The molecule has 1 amide bonds. The molecule has 5 nitrogen and oxygen atoms in total. The average Bonchev–Trinajstić information content (AvgIpc) is 2.45. The van der Waals surface area contributed by atoms with Gasteiger partial charge < -0.3 is 9.64 Å². The molecule has 8 heteroatoms. The minimum absolute atomic E-state index is 0.0309. The van der Waals surface area contributed by atoms with E-state index < -0.39 is 32.9 Å². The number of carbonyl (C=O) groups excluding carboxylic acids is 1. The van der Waals surface area contributed by atoms with Crippen molar-refractivity contribution in [2.45, 2.75) is 20.3 Å². The summed E-state index contributed by atoms with van der Waals surface area (Å²) in [5.41, 5.74) is -0.675. The van der Waals surface area contributed by atoms with Gasteiger partial charge in [-0.3, -0.25) is 4.79 Å². The summed E-state index contributed by atoms with van der Waals surface area (Å²) >= 11 is 0. The van der Waals surface area contributed by atoms with Gasteiger partial charge in [-0.1, -0.05) is 13.8 Å². The van der Waals surface area contributed by atoms with Gasteiger partial charge in [0.05, 0.1) is 18.1 Å². The van der Waals surface area contributed by atoms with Gasteiger partial charge in [-0.15, -0.1) is 0 Å². The second kappa shape index (κ2) is 7.46. The molecule has 0 spiro atoms. The maximum absolute atomic E-state index is 14.2. The number of hydrogen-bond acceptors (Lipinski definition) is 4. The standard InChI is InChI=1S/C16H21F2NO4S/c1-11(2)3-6-23-12-9-13(17)15(14(18)10-12)16(20)19-4-7-24(21,22)8-5-19/h9-11H,3-8H2,1-2H3. The predicted octanol–water partition coefficient (Wildman–Crippen LogP) is 2.26. The molecule has 0 unspecified atom stereocenters. The molecule has 2 rings (SSSR count). The molecule has 1 saturated heterocycles. The molecule has 0 radical (unpaired) electrons. The van der Waals surface area contributed by atoms with Gasteiger partial charge in [-0.05, 0) is 12.3 Å². The smallest absolute Gasteiger partial charge is 0.259 e. The van der Waals surface area contributed by atoms with E-state index in [0.29, 0.717) is 12.5 Å². The highest BCUT2D eigenvalue weighted by atomic mass is 32.2. The molecule has 0 N–H and O–H groups in total. The van der Waals surface area contributed by atoms with Crippen molar-refractivity contribution in [1.82, 2.24) is 4.90 Å². The van der Waals surface area contributed by atoms with E-state index in [-0.39, 0.29) is 30.3 Å². The first kappa shape index (κ1) is 18.6. The summed E-state index contributed by atoms with van der Waals surface area (Å²) in [6.07, 6.45) is 0.742. The van der Waals surface area contributed by atoms with Crippen LogP contribution in [0.3, 0.4) is 0 Å². The molecule has 1 aliphatic rings. The maximum Gasteiger partial charge on any atom is 0.259 e. The van der Waals surface area contributed by atoms with Gasteiger partial charge in [-0.25, -0.2) is 17.2 Å². The fourth-order valence-electron chi connectivity index (χ4n) is 2.32. The predicted molar refractivity (Wildman–Crippen MR) is 85.9 cm³/mol. The van der Waals surface area contributed by atoms with Crippen molar-refractivity contribution in [2.75, 3.05) is 31.2 Å². The first-order valence-corrected chi connectivity index (χ1v) is 9.63. The lowest BCUT2D eigenvalue weighted by Crippen LogP contribution is -2.44. The van der Waals surface area contributed by atoms with E-state index in [1.165, 1.54) is 0 Å². The molecule has 1 aliphatic heterocycles. The zero-order valence-electron chi connectivity index (χ0n) is 13.7. The fraction of sp³-hybridized carbons (Fsp3) is 0.562. The Morgan fingerprint density at radius 3 is 2.25 bits per heavy atom. The van der Waals surface area contributed by atoms with E-state index in [1.54, 1.807) is 0 Å². The van der Waals surface area contributed by atoms with E-state index in [9.17, 15) is 22.0 Å². The van der Waals surface area contributed by atoms with Crippen LogP contribution in [0.1, 0.15) is 30.6 Å². The summed E-state index contributed by atoms with van der Waals surface area (Å²) in [5.74, 6) is -2.81. The van der Waals surface area contributed by atoms with Crippen molar-refractivity contribution in [2.24, 2.45) is 5.92 Å². The van der Waals surface area contributed by atoms with Gasteiger partial charge in [-0.2, -0.15) is 0 Å². The van der Waals surface area contributed by atoms with Gasteiger partial charge in [0.1, 0.15) is 22.9 Å². The number of ether oxygens (including phenoxy) is 1. The highest BCUT2D eigenvalue weighted by Gasteiger charge is 2.29. The number of carbonyl (C=O) groups is 1. The Balaban J connectivity index is 2.11. The minimum Gasteiger partial charge on any atom is -0.493 e. The second-order valence-corrected chi connectivity index (χ2v) is 8.54. The highest BCUT2D eigenvalue weighted by molar-refractivity contribution is 7.91. The third kappa shape index (κ3) is 4.66. The molecule has 24 heavy (non-hydrogen) atoms. The van der Waals surface area contributed by atoms with Crippen LogP contribution in [-0.4, -0.2) is 50.4 Å². The summed E-state index contributed by atoms with van der Waals surface area (Å²) in [4.78, 5) is 13.4. The van der Waals surface area contributed by atoms with Crippen LogP contribution in [0.25, 0.3) is 0 Å². The Morgan fingerprint density at radius 1 is 1.21 bits per heavy atom. The molecule has 0 atom stereocenters. The van der Waals surface area contributed by atoms with Crippen molar-refractivity contribution in [3.05, 3.63) is 29.3 Å². The molecule has 0 bridgehead atoms. The summed E-state index contributed by atoms with van der Waals surface area (Å²) in [6.45, 7) is 4.21. The molecule has 1 aromatic carbocycles. The number of benzene rings is 1. The number of sulfone groups is 1. The lowest BCUT2D eigenvalue weighted by Gasteiger charge is -2.27. The van der Waals surface area contributed by atoms with Crippen molar-refractivity contribution in [3.63, 3.8) is 0 Å². The zero-order valence-corrected chi connectivity index (χ0v) is 14.5. The van der Waals surface area contributed by atoms with Gasteiger partial charge >= 0.3 is 0 Å². The highest BCUT2D eigenvalue weighted by Crippen LogP contribution is 2.23. The van der Waals surface area contributed by atoms with Crippen LogP contribution >= 0.6 is 0 Å². The minimum atomic E-state index is -3.18. The van der Waals surface area contributed by atoms with Gasteiger partial charge in [0.15, 0.2) is 9.84 Å².